The maximum absolute atomic E-state index is 11.7. The highest BCUT2D eigenvalue weighted by Crippen LogP contribution is 2.22. The number of nitrogens with zero attached hydrogens (tertiary/aromatic N) is 1. The van der Waals surface area contributed by atoms with E-state index >= 15 is 0 Å². The van der Waals surface area contributed by atoms with Crippen LogP contribution in [0, 0.1) is 5.92 Å². The average Bonchev–Trinajstić information content (AvgIpc) is 2.82. The Hall–Kier alpha value is -1.39. The van der Waals surface area contributed by atoms with Gasteiger partial charge in [0.1, 0.15) is 0 Å². The van der Waals surface area contributed by atoms with E-state index in [1.54, 1.807) is 7.11 Å². The number of hydrogen-bond acceptors (Lipinski definition) is 4. The third-order valence-electron chi connectivity index (χ3n) is 3.40. The van der Waals surface area contributed by atoms with Gasteiger partial charge >= 0.3 is 5.97 Å². The minimum Gasteiger partial charge on any atom is -0.469 e. The Labute approximate surface area is 107 Å². The van der Waals surface area contributed by atoms with E-state index in [4.69, 9.17) is 9.47 Å². The quantitative estimate of drug-likeness (QED) is 0.754. The van der Waals surface area contributed by atoms with Gasteiger partial charge in [-0.15, -0.1) is 0 Å². The zero-order chi connectivity index (χ0) is 13.0. The van der Waals surface area contributed by atoms with Gasteiger partial charge in [0.15, 0.2) is 0 Å². The Kier molecular flexibility index (Phi) is 4.33. The summed E-state index contributed by atoms with van der Waals surface area (Å²) < 4.78 is 10.2. The Morgan fingerprint density at radius 1 is 1.28 bits per heavy atom. The fraction of sp³-hybridized carbons (Fsp3) is 0.500. The molecule has 18 heavy (non-hydrogen) atoms. The molecule has 1 aliphatic rings. The number of rotatable bonds is 4. The number of esters is 1. The summed E-state index contributed by atoms with van der Waals surface area (Å²) in [5, 5.41) is 0. The number of likely N-dealkylation sites (tertiary alicyclic amines) is 1. The van der Waals surface area contributed by atoms with Crippen molar-refractivity contribution in [3.63, 3.8) is 0 Å². The lowest BCUT2D eigenvalue weighted by Crippen LogP contribution is -2.29. The minimum atomic E-state index is -0.183. The lowest BCUT2D eigenvalue weighted by Gasteiger charge is -2.15. The van der Waals surface area contributed by atoms with Crippen LogP contribution in [-0.4, -0.2) is 44.3 Å². The molecule has 0 bridgehead atoms. The van der Waals surface area contributed by atoms with E-state index in [9.17, 15) is 4.79 Å². The molecule has 0 radical (unpaired) electrons. The number of methoxy groups -OCH3 is 2. The fourth-order valence-electron chi connectivity index (χ4n) is 2.44. The summed E-state index contributed by atoms with van der Waals surface area (Å²) in [6.45, 7) is 2.30. The van der Waals surface area contributed by atoms with Gasteiger partial charge in [0.2, 0.25) is 0 Å². The smallest absolute Gasteiger partial charge is 0.312 e. The van der Waals surface area contributed by atoms with Gasteiger partial charge in [0, 0.05) is 26.7 Å². The normalized spacial score (nSPS) is 24.1. The third kappa shape index (κ3) is 2.89. The molecule has 1 unspecified atom stereocenters. The molecule has 0 amide bonds. The van der Waals surface area contributed by atoms with Crippen molar-refractivity contribution in [3.8, 4) is 0 Å². The summed E-state index contributed by atoms with van der Waals surface area (Å²) in [5.41, 5.74) is 1.25. The van der Waals surface area contributed by atoms with Gasteiger partial charge in [0.25, 0.3) is 0 Å². The highest BCUT2D eigenvalue weighted by molar-refractivity contribution is 5.73. The van der Waals surface area contributed by atoms with E-state index in [1.807, 2.05) is 18.2 Å². The fourth-order valence-corrected chi connectivity index (χ4v) is 2.44. The summed E-state index contributed by atoms with van der Waals surface area (Å²) in [6.07, 6.45) is -0.0684. The van der Waals surface area contributed by atoms with Gasteiger partial charge < -0.3 is 9.47 Å². The molecule has 1 aromatic rings. The molecule has 4 heteroatoms. The second-order valence-corrected chi connectivity index (χ2v) is 4.58. The molecule has 1 aliphatic heterocycles. The van der Waals surface area contributed by atoms with E-state index in [0.717, 1.165) is 13.1 Å². The summed E-state index contributed by atoms with van der Waals surface area (Å²) in [4.78, 5) is 13.9. The van der Waals surface area contributed by atoms with Crippen molar-refractivity contribution >= 4 is 5.97 Å². The second kappa shape index (κ2) is 5.98. The Morgan fingerprint density at radius 2 is 2.00 bits per heavy atom. The van der Waals surface area contributed by atoms with Crippen molar-refractivity contribution in [1.29, 1.82) is 0 Å². The average molecular weight is 249 g/mol. The predicted octanol–water partition coefficient (Wildman–Crippen LogP) is 1.31. The topological polar surface area (TPSA) is 38.8 Å². The van der Waals surface area contributed by atoms with Crippen molar-refractivity contribution in [2.24, 2.45) is 5.92 Å². The third-order valence-corrected chi connectivity index (χ3v) is 3.40. The summed E-state index contributed by atoms with van der Waals surface area (Å²) in [7, 11) is 3.07. The van der Waals surface area contributed by atoms with Crippen LogP contribution in [0.25, 0.3) is 0 Å². The molecule has 1 fully saturated rings. The largest absolute Gasteiger partial charge is 0.469 e. The van der Waals surface area contributed by atoms with Crippen LogP contribution in [0.1, 0.15) is 5.56 Å². The molecule has 0 aromatic heterocycles. The molecule has 0 aliphatic carbocycles. The summed E-state index contributed by atoms with van der Waals surface area (Å²) in [5.74, 6) is -0.360. The number of carbonyl (C=O) groups is 1. The van der Waals surface area contributed by atoms with E-state index in [2.05, 4.69) is 17.0 Å². The molecule has 4 nitrogen and oxygen atoms in total. The van der Waals surface area contributed by atoms with Crippen LogP contribution in [0.2, 0.25) is 0 Å². The van der Waals surface area contributed by atoms with Gasteiger partial charge in [-0.1, -0.05) is 30.3 Å². The number of benzene rings is 1. The van der Waals surface area contributed by atoms with Crippen LogP contribution in [0.3, 0.4) is 0 Å². The molecule has 0 saturated carbocycles. The van der Waals surface area contributed by atoms with E-state index in [-0.39, 0.29) is 18.0 Å². The van der Waals surface area contributed by atoms with E-state index in [0.29, 0.717) is 6.54 Å². The van der Waals surface area contributed by atoms with Crippen LogP contribution in [0.5, 0.6) is 0 Å². The lowest BCUT2D eigenvalue weighted by atomic mass is 10.1. The molecule has 98 valence electrons. The van der Waals surface area contributed by atoms with Gasteiger partial charge in [-0.05, 0) is 5.56 Å². The van der Waals surface area contributed by atoms with Crippen LogP contribution < -0.4 is 0 Å². The predicted molar refractivity (Wildman–Crippen MR) is 68.0 cm³/mol. The molecular formula is C14H19NO3. The van der Waals surface area contributed by atoms with Crippen LogP contribution in [-0.2, 0) is 20.8 Å². The van der Waals surface area contributed by atoms with Crippen LogP contribution >= 0.6 is 0 Å². The molecule has 0 N–H and O–H groups in total. The Bertz CT molecular complexity index is 393. The standard InChI is InChI=1S/C14H19NO3/c1-17-13-10-15(9-12(13)14(16)18-2)8-11-6-4-3-5-7-11/h3-7,12-13H,8-10H2,1-2H3/t12?,13-/m0/s1. The highest BCUT2D eigenvalue weighted by Gasteiger charge is 2.38. The minimum absolute atomic E-state index is 0.0684. The van der Waals surface area contributed by atoms with Crippen molar-refractivity contribution in [1.82, 2.24) is 4.90 Å². The first-order chi connectivity index (χ1) is 8.74. The zero-order valence-corrected chi connectivity index (χ0v) is 10.8. The maximum Gasteiger partial charge on any atom is 0.312 e. The van der Waals surface area contributed by atoms with Crippen LogP contribution in [0.15, 0.2) is 30.3 Å². The molecule has 1 aromatic carbocycles. The lowest BCUT2D eigenvalue weighted by molar-refractivity contribution is -0.148. The van der Waals surface area contributed by atoms with Crippen molar-refractivity contribution in [2.45, 2.75) is 12.6 Å². The van der Waals surface area contributed by atoms with Gasteiger partial charge in [0.05, 0.1) is 19.1 Å². The number of hydrogen-bond donors (Lipinski definition) is 0. The van der Waals surface area contributed by atoms with Gasteiger partial charge in [-0.25, -0.2) is 0 Å². The van der Waals surface area contributed by atoms with E-state index in [1.165, 1.54) is 12.7 Å². The molecule has 2 atom stereocenters. The van der Waals surface area contributed by atoms with E-state index < -0.39 is 0 Å². The first-order valence-electron chi connectivity index (χ1n) is 6.11. The number of ether oxygens (including phenoxy) is 2. The second-order valence-electron chi connectivity index (χ2n) is 4.58. The van der Waals surface area contributed by atoms with Crippen molar-refractivity contribution < 1.29 is 14.3 Å². The zero-order valence-electron chi connectivity index (χ0n) is 10.8. The van der Waals surface area contributed by atoms with Crippen LogP contribution in [0.4, 0.5) is 0 Å². The first kappa shape index (κ1) is 13.1. The summed E-state index contributed by atoms with van der Waals surface area (Å²) in [6, 6.07) is 10.2. The Balaban J connectivity index is 1.99. The molecular weight excluding hydrogens is 230 g/mol. The van der Waals surface area contributed by atoms with Gasteiger partial charge in [-0.3, -0.25) is 9.69 Å². The highest BCUT2D eigenvalue weighted by atomic mass is 16.5. The monoisotopic (exact) mass is 249 g/mol. The number of carbonyl (C=O) groups excluding carboxylic acids is 1. The molecule has 2 rings (SSSR count). The Morgan fingerprint density at radius 3 is 2.61 bits per heavy atom. The van der Waals surface area contributed by atoms with Crippen molar-refractivity contribution in [2.75, 3.05) is 27.3 Å². The van der Waals surface area contributed by atoms with Crippen molar-refractivity contribution in [3.05, 3.63) is 35.9 Å². The SMILES string of the molecule is COC(=O)C1CN(Cc2ccccc2)C[C@@H]1OC. The van der Waals surface area contributed by atoms with Gasteiger partial charge in [-0.2, -0.15) is 0 Å². The maximum atomic E-state index is 11.7. The first-order valence-corrected chi connectivity index (χ1v) is 6.11. The molecule has 1 saturated heterocycles. The molecule has 0 spiro atoms. The summed E-state index contributed by atoms with van der Waals surface area (Å²) >= 11 is 0. The molecule has 1 heterocycles.